The number of benzene rings is 1. The predicted molar refractivity (Wildman–Crippen MR) is 333 cm³/mol. The molecule has 6 aliphatic rings. The molecule has 1 aromatic heterocycles. The zero-order valence-corrected chi connectivity index (χ0v) is 56.2. The van der Waals surface area contributed by atoms with E-state index in [-0.39, 0.29) is 94.0 Å². The number of imidazole rings is 1. The fourth-order valence-electron chi connectivity index (χ4n) is 15.4. The standard InChI is InChI=1S/C62H88N11O16P.CN.Co/c1-29-20-39-40(21-30(29)2)73(28-68-39)57-52(84)53(41(27-74)87-57)89-90(85,86)88-31(3)26-67-47(79)18-19-59(8)37(22-44(64)76)56-62(11)61(10,25-46(66)78)36(12-15-43(63)75)51(72-62)33(5)55-60(9,24-45(65)77)34(13-16-48(80)81)38(69-55)23-42-58(6,7)35(14-17-49(82)83)50(70-42)32(4)54(59)71-56;1-2;/h20-21,23,28,31,34-37,41,52-53,56-57,71,74,84H,12-19,22,24-27H2,1-11H3,(H2,63,75)(H2,64,76)(H2,65,77)(H2,66,78)(H,67,79)(H,80,81)(H,82,83)(H,85,86);;/q;-1;/p-1/t31-,34-,35-,36-,37+,41-,52-,53-,56-,57+,59-,60+,61+,62+;;/m1../s1. The minimum Gasteiger partial charge on any atom is -0.756 e. The second-order valence-electron chi connectivity index (χ2n) is 26.9. The van der Waals surface area contributed by atoms with Crippen molar-refractivity contribution in [3.63, 3.8) is 0 Å². The molecule has 0 saturated carbocycles. The van der Waals surface area contributed by atoms with E-state index < -0.39 is 143 Å². The number of carboxylic acids is 2. The normalized spacial score (nSPS) is 31.0. The van der Waals surface area contributed by atoms with Crippen LogP contribution in [-0.2, 0) is 68.7 Å². The number of aromatic nitrogens is 2. The Balaban J connectivity index is 0.00000453. The summed E-state index contributed by atoms with van der Waals surface area (Å²) >= 11 is 0. The van der Waals surface area contributed by atoms with Crippen LogP contribution >= 0.6 is 7.82 Å². The number of fused-ring (bicyclic) bond motifs is 7. The molecule has 0 aliphatic carbocycles. The molecule has 8 rings (SSSR count). The number of hydrogen-bond donors (Lipinski definition) is 10. The minimum absolute atomic E-state index is 0. The van der Waals surface area contributed by atoms with Crippen LogP contribution in [-0.4, -0.2) is 138 Å². The SMILES string of the molecule is CC1=C2N[C@H]([C@H](CC(N)=O)[C@@]2(C)CCC(=O)NC[C@@H](C)OP(=O)([O-])O[C@H]2[C@@H](O)[C@@H](n3cnc4cc(C)c(C)cc43)O[C@@H]2CO)[C@]2(C)N=C(C(C)=C3N=C(C=C4N=C1[C@@H](CCC(=O)O)C4(C)C)[C@@H](CCC(=O)O)[C@]3(C)CC(N)=O)[C@@H](CCC(N)=O)[C@]2(C)CC(N)=O.[C-]#N.[Co]. The molecule has 14 N–H and O–H groups in total. The molecule has 1 aromatic carbocycles. The zero-order chi connectivity index (χ0) is 68.7. The van der Waals surface area contributed by atoms with Crippen LogP contribution in [0.4, 0.5) is 0 Å². The molecule has 511 valence electrons. The van der Waals surface area contributed by atoms with Gasteiger partial charge >= 0.3 is 11.9 Å². The van der Waals surface area contributed by atoms with E-state index in [2.05, 4.69) is 15.6 Å². The number of allylic oxidation sites excluding steroid dienone is 6. The van der Waals surface area contributed by atoms with Crippen molar-refractivity contribution in [3.05, 3.63) is 70.5 Å². The fraction of sp³-hybridized carbons (Fsp3) is 0.619. The second kappa shape index (κ2) is 28.5. The van der Waals surface area contributed by atoms with E-state index in [1.54, 1.807) is 26.8 Å². The Morgan fingerprint density at radius 2 is 1.43 bits per heavy atom. The van der Waals surface area contributed by atoms with Gasteiger partial charge in [-0.2, -0.15) is 0 Å². The molecular weight excluding hydrogens is 1270 g/mol. The number of ether oxygens (including phenoxy) is 1. The maximum atomic E-state index is 14.3. The number of primary amides is 4. The summed E-state index contributed by atoms with van der Waals surface area (Å²) in [7, 11) is -5.33. The number of aryl methyl sites for hydroxylation is 2. The van der Waals surface area contributed by atoms with Gasteiger partial charge in [0.05, 0.1) is 47.3 Å². The Morgan fingerprint density at radius 1 is 0.828 bits per heavy atom. The van der Waals surface area contributed by atoms with Gasteiger partial charge in [0.2, 0.25) is 29.5 Å². The first-order valence-electron chi connectivity index (χ1n) is 30.6. The number of nitrogens with zero attached hydrogens (tertiary/aromatic N) is 6. The fourth-order valence-corrected chi connectivity index (χ4v) is 16.6. The van der Waals surface area contributed by atoms with E-state index in [4.69, 9.17) is 63.5 Å². The number of rotatable bonds is 26. The van der Waals surface area contributed by atoms with E-state index in [0.29, 0.717) is 56.4 Å². The maximum absolute atomic E-state index is 14.3. The van der Waals surface area contributed by atoms with Crippen LogP contribution in [0.15, 0.2) is 67.8 Å². The minimum atomic E-state index is -5.33. The van der Waals surface area contributed by atoms with Crippen LogP contribution < -0.4 is 38.5 Å². The molecule has 1 unspecified atom stereocenters. The first-order valence-corrected chi connectivity index (χ1v) is 32.1. The van der Waals surface area contributed by atoms with Gasteiger partial charge in [0.1, 0.15) is 18.3 Å². The third-order valence-electron chi connectivity index (χ3n) is 20.5. The molecule has 28 nitrogen and oxygen atoms in total. The number of phosphoric acid groups is 1. The molecule has 6 aliphatic heterocycles. The molecule has 2 fully saturated rings. The summed E-state index contributed by atoms with van der Waals surface area (Å²) in [5.41, 5.74) is 24.6. The van der Waals surface area contributed by atoms with E-state index in [0.717, 1.165) is 11.1 Å². The first kappa shape index (κ1) is 75.0. The Labute approximate surface area is 550 Å². The quantitative estimate of drug-likeness (QED) is 0.0472. The molecule has 2 aromatic rings. The van der Waals surface area contributed by atoms with Crippen LogP contribution in [0.3, 0.4) is 0 Å². The van der Waals surface area contributed by atoms with Crippen molar-refractivity contribution in [2.45, 2.75) is 189 Å². The van der Waals surface area contributed by atoms with Gasteiger partial charge in [-0.3, -0.25) is 53.1 Å². The maximum Gasteiger partial charge on any atom is 0.303 e. The van der Waals surface area contributed by atoms with Gasteiger partial charge in [-0.05, 0) is 108 Å². The van der Waals surface area contributed by atoms with Crippen LogP contribution in [0, 0.1) is 71.0 Å². The number of hydrogen-bond acceptors (Lipinski definition) is 20. The van der Waals surface area contributed by atoms with Crippen molar-refractivity contribution in [2.24, 2.45) is 83.2 Å². The summed E-state index contributed by atoms with van der Waals surface area (Å²) in [5.74, 6) is -8.65. The van der Waals surface area contributed by atoms with Gasteiger partial charge in [0.15, 0.2) is 6.23 Å². The molecule has 93 heavy (non-hydrogen) atoms. The van der Waals surface area contributed by atoms with Gasteiger partial charge in [-0.25, -0.2) is 4.98 Å². The molecule has 5 amide bonds. The van der Waals surface area contributed by atoms with Crippen LogP contribution in [0.2, 0.25) is 0 Å². The van der Waals surface area contributed by atoms with Gasteiger partial charge in [-0.1, -0.05) is 34.6 Å². The van der Waals surface area contributed by atoms with Crippen LogP contribution in [0.25, 0.3) is 11.0 Å². The first-order chi connectivity index (χ1) is 42.8. The Kier molecular flexibility index (Phi) is 23.0. The second-order valence-corrected chi connectivity index (χ2v) is 28.2. The number of aliphatic hydroxyl groups is 2. The van der Waals surface area contributed by atoms with Gasteiger partial charge in [0, 0.05) is 142 Å². The van der Waals surface area contributed by atoms with Crippen molar-refractivity contribution in [1.82, 2.24) is 20.2 Å². The summed E-state index contributed by atoms with van der Waals surface area (Å²) in [6.45, 7) is 23.5. The molecule has 30 heteroatoms. The smallest absolute Gasteiger partial charge is 0.303 e. The summed E-state index contributed by atoms with van der Waals surface area (Å²) < 4.78 is 31.8. The summed E-state index contributed by atoms with van der Waals surface area (Å²) in [6.07, 6.45) is -5.69. The van der Waals surface area contributed by atoms with Gasteiger partial charge in [0.25, 0.3) is 7.82 Å². The zero-order valence-electron chi connectivity index (χ0n) is 54.2. The predicted octanol–water partition coefficient (Wildman–Crippen LogP) is 3.82. The molecular formula is C63H87CoN12O16P-2. The van der Waals surface area contributed by atoms with Crippen molar-refractivity contribution in [1.29, 1.82) is 5.26 Å². The molecule has 2 saturated heterocycles. The topological polar surface area (TPSA) is 475 Å². The molecule has 7 heterocycles. The largest absolute Gasteiger partial charge is 0.756 e. The number of aliphatic imine (C=N–C) groups is 3. The number of carboxylic acid groups (broad SMARTS) is 2. The Morgan fingerprint density at radius 3 is 2.01 bits per heavy atom. The molecule has 15 atom stereocenters. The number of phosphoric ester groups is 1. The number of aliphatic hydroxyl groups excluding tert-OH is 2. The van der Waals surface area contributed by atoms with Crippen molar-refractivity contribution >= 4 is 77.5 Å². The summed E-state index contributed by atoms with van der Waals surface area (Å²) in [4.78, 5) is 127. The van der Waals surface area contributed by atoms with Crippen molar-refractivity contribution in [3.8, 4) is 0 Å². The van der Waals surface area contributed by atoms with Crippen molar-refractivity contribution < 1.29 is 94.0 Å². The van der Waals surface area contributed by atoms with Crippen molar-refractivity contribution in [2.75, 3.05) is 13.2 Å². The average Bonchev–Trinajstić information content (AvgIpc) is 1.53. The number of nitrogens with two attached hydrogens (primary N) is 4. The molecule has 1 radical (unpaired) electrons. The van der Waals surface area contributed by atoms with E-state index in [1.165, 1.54) is 17.8 Å². The monoisotopic (exact) mass is 1360 g/mol. The third kappa shape index (κ3) is 14.6. The summed E-state index contributed by atoms with van der Waals surface area (Å²) in [6, 6.07) is 2.74. The number of carbonyl (C=O) groups is 7. The average molecular weight is 1360 g/mol. The number of nitrogens with one attached hydrogen (secondary N) is 2. The Bertz CT molecular complexity index is 3600. The van der Waals surface area contributed by atoms with Crippen LogP contribution in [0.1, 0.15) is 150 Å². The number of carbonyl (C=O) groups excluding carboxylic acids is 5. The number of amides is 5. The molecule has 8 bridgehead atoms. The number of aliphatic carboxylic acids is 2. The van der Waals surface area contributed by atoms with Gasteiger partial charge < -0.3 is 89.1 Å². The van der Waals surface area contributed by atoms with E-state index >= 15 is 0 Å². The van der Waals surface area contributed by atoms with Crippen LogP contribution in [0.5, 0.6) is 0 Å². The van der Waals surface area contributed by atoms with E-state index in [1.807, 2.05) is 60.6 Å². The Hall–Kier alpha value is -7.00. The third-order valence-corrected chi connectivity index (χ3v) is 21.7. The van der Waals surface area contributed by atoms with E-state index in [9.17, 15) is 63.4 Å². The van der Waals surface area contributed by atoms with Gasteiger partial charge in [-0.15, -0.1) is 0 Å². The summed E-state index contributed by atoms with van der Waals surface area (Å²) in [5, 5.41) is 54.8. The molecule has 0 spiro atoms.